The average Bonchev–Trinajstić information content (AvgIpc) is 2.76. The SMILES string of the molecule is CC1(CN)CCN(CC2C3CC4CC(C3)CC2C4)C1. The van der Waals surface area contributed by atoms with Crippen molar-refractivity contribution in [2.45, 2.75) is 45.4 Å². The summed E-state index contributed by atoms with van der Waals surface area (Å²) in [5, 5.41) is 0. The fourth-order valence-corrected chi connectivity index (χ4v) is 6.08. The standard InChI is InChI=1S/C17H30N2/c1-17(10-18)2-3-19(11-17)9-16-14-5-12-4-13(7-14)8-15(16)6-12/h12-16H,2-11,18H2,1H3. The molecule has 0 amide bonds. The second-order valence-electron chi connectivity index (χ2n) is 8.59. The summed E-state index contributed by atoms with van der Waals surface area (Å²) in [5.74, 6) is 5.44. The molecule has 4 bridgehead atoms. The van der Waals surface area contributed by atoms with Gasteiger partial charge in [-0.05, 0) is 86.6 Å². The summed E-state index contributed by atoms with van der Waals surface area (Å²) in [6.45, 7) is 7.20. The number of rotatable bonds is 3. The molecule has 0 aromatic heterocycles. The van der Waals surface area contributed by atoms with Gasteiger partial charge < -0.3 is 10.6 Å². The highest BCUT2D eigenvalue weighted by atomic mass is 15.2. The van der Waals surface area contributed by atoms with Crippen LogP contribution in [0.4, 0.5) is 0 Å². The molecule has 4 aliphatic carbocycles. The van der Waals surface area contributed by atoms with Gasteiger partial charge >= 0.3 is 0 Å². The molecule has 0 aromatic rings. The van der Waals surface area contributed by atoms with Gasteiger partial charge in [-0.25, -0.2) is 0 Å². The normalized spacial score (nSPS) is 53.1. The number of nitrogens with zero attached hydrogens (tertiary/aromatic N) is 1. The molecule has 1 atom stereocenters. The largest absolute Gasteiger partial charge is 0.330 e. The Kier molecular flexibility index (Phi) is 2.97. The van der Waals surface area contributed by atoms with E-state index in [2.05, 4.69) is 11.8 Å². The molecule has 0 aromatic carbocycles. The minimum atomic E-state index is 0.409. The van der Waals surface area contributed by atoms with Crippen LogP contribution in [0.3, 0.4) is 0 Å². The molecule has 108 valence electrons. The van der Waals surface area contributed by atoms with Crippen LogP contribution in [0.2, 0.25) is 0 Å². The van der Waals surface area contributed by atoms with Gasteiger partial charge in [0, 0.05) is 13.1 Å². The van der Waals surface area contributed by atoms with Crippen LogP contribution < -0.4 is 5.73 Å². The summed E-state index contributed by atoms with van der Waals surface area (Å²) in [4.78, 5) is 2.75. The van der Waals surface area contributed by atoms with Gasteiger partial charge in [0.05, 0.1) is 0 Å². The highest BCUT2D eigenvalue weighted by Crippen LogP contribution is 2.56. The molecular weight excluding hydrogens is 232 g/mol. The Morgan fingerprint density at radius 3 is 2.21 bits per heavy atom. The molecule has 1 heterocycles. The van der Waals surface area contributed by atoms with E-state index >= 15 is 0 Å². The lowest BCUT2D eigenvalue weighted by Crippen LogP contribution is -2.49. The molecule has 2 nitrogen and oxygen atoms in total. The Balaban J connectivity index is 1.41. The predicted molar refractivity (Wildman–Crippen MR) is 78.8 cm³/mol. The summed E-state index contributed by atoms with van der Waals surface area (Å²) >= 11 is 0. The maximum Gasteiger partial charge on any atom is 0.00480 e. The van der Waals surface area contributed by atoms with Crippen LogP contribution in [0.15, 0.2) is 0 Å². The van der Waals surface area contributed by atoms with Crippen molar-refractivity contribution in [1.82, 2.24) is 4.90 Å². The number of hydrogen-bond acceptors (Lipinski definition) is 2. The van der Waals surface area contributed by atoms with Crippen LogP contribution in [0.5, 0.6) is 0 Å². The van der Waals surface area contributed by atoms with Crippen LogP contribution in [0.1, 0.15) is 45.4 Å². The van der Waals surface area contributed by atoms with Gasteiger partial charge in [-0.3, -0.25) is 0 Å². The molecule has 0 spiro atoms. The summed E-state index contributed by atoms with van der Waals surface area (Å²) in [5.41, 5.74) is 6.36. The fourth-order valence-electron chi connectivity index (χ4n) is 6.08. The zero-order valence-corrected chi connectivity index (χ0v) is 12.5. The number of likely N-dealkylation sites (tertiary alicyclic amines) is 1. The van der Waals surface area contributed by atoms with Gasteiger partial charge in [0.15, 0.2) is 0 Å². The first-order valence-electron chi connectivity index (χ1n) is 8.57. The predicted octanol–water partition coefficient (Wildman–Crippen LogP) is 2.73. The Bertz CT molecular complexity index is 325. The maximum atomic E-state index is 5.95. The summed E-state index contributed by atoms with van der Waals surface area (Å²) in [6.07, 6.45) is 9.17. The van der Waals surface area contributed by atoms with Crippen molar-refractivity contribution >= 4 is 0 Å². The van der Waals surface area contributed by atoms with Crippen molar-refractivity contribution in [3.63, 3.8) is 0 Å². The Morgan fingerprint density at radius 1 is 1.05 bits per heavy atom. The van der Waals surface area contributed by atoms with Gasteiger partial charge in [0.2, 0.25) is 0 Å². The van der Waals surface area contributed by atoms with Gasteiger partial charge in [0.25, 0.3) is 0 Å². The minimum absolute atomic E-state index is 0.409. The Hall–Kier alpha value is -0.0800. The monoisotopic (exact) mass is 262 g/mol. The Labute approximate surface area is 118 Å². The first kappa shape index (κ1) is 12.6. The minimum Gasteiger partial charge on any atom is -0.330 e. The fraction of sp³-hybridized carbons (Fsp3) is 1.00. The molecule has 2 N–H and O–H groups in total. The van der Waals surface area contributed by atoms with E-state index in [1.807, 2.05) is 0 Å². The lowest BCUT2D eigenvalue weighted by molar-refractivity contribution is -0.0476. The van der Waals surface area contributed by atoms with Crippen LogP contribution in [-0.4, -0.2) is 31.1 Å². The van der Waals surface area contributed by atoms with Gasteiger partial charge in [-0.1, -0.05) is 6.92 Å². The van der Waals surface area contributed by atoms with Gasteiger partial charge in [-0.15, -0.1) is 0 Å². The number of nitrogens with two attached hydrogens (primary N) is 1. The zero-order chi connectivity index (χ0) is 13.0. The quantitative estimate of drug-likeness (QED) is 0.847. The van der Waals surface area contributed by atoms with E-state index in [9.17, 15) is 0 Å². The molecule has 5 fully saturated rings. The molecule has 0 radical (unpaired) electrons. The third-order valence-corrected chi connectivity index (χ3v) is 7.02. The van der Waals surface area contributed by atoms with E-state index in [1.165, 1.54) is 26.1 Å². The van der Waals surface area contributed by atoms with Gasteiger partial charge in [0.1, 0.15) is 0 Å². The molecule has 1 unspecified atom stereocenters. The first-order valence-corrected chi connectivity index (χ1v) is 8.57. The second-order valence-corrected chi connectivity index (χ2v) is 8.59. The lowest BCUT2D eigenvalue weighted by Gasteiger charge is -2.55. The van der Waals surface area contributed by atoms with Crippen LogP contribution >= 0.6 is 0 Å². The van der Waals surface area contributed by atoms with Crippen molar-refractivity contribution in [2.24, 2.45) is 40.7 Å². The van der Waals surface area contributed by atoms with Crippen molar-refractivity contribution < 1.29 is 0 Å². The molecular formula is C17H30N2. The zero-order valence-electron chi connectivity index (χ0n) is 12.5. The van der Waals surface area contributed by atoms with E-state index in [1.54, 1.807) is 32.1 Å². The summed E-state index contributed by atoms with van der Waals surface area (Å²) < 4.78 is 0. The molecule has 1 aliphatic heterocycles. The third-order valence-electron chi connectivity index (χ3n) is 7.02. The van der Waals surface area contributed by atoms with Crippen LogP contribution in [-0.2, 0) is 0 Å². The van der Waals surface area contributed by atoms with E-state index in [0.717, 1.165) is 36.1 Å². The molecule has 5 aliphatic rings. The number of hydrogen-bond donors (Lipinski definition) is 1. The van der Waals surface area contributed by atoms with Gasteiger partial charge in [-0.2, -0.15) is 0 Å². The van der Waals surface area contributed by atoms with Crippen molar-refractivity contribution in [3.8, 4) is 0 Å². The second kappa shape index (κ2) is 4.46. The lowest BCUT2D eigenvalue weighted by atomic mass is 9.52. The average molecular weight is 262 g/mol. The summed E-state index contributed by atoms with van der Waals surface area (Å²) in [7, 11) is 0. The highest BCUT2D eigenvalue weighted by Gasteiger charge is 2.48. The van der Waals surface area contributed by atoms with E-state index < -0.39 is 0 Å². The van der Waals surface area contributed by atoms with E-state index in [0.29, 0.717) is 5.41 Å². The smallest absolute Gasteiger partial charge is 0.00480 e. The first-order chi connectivity index (χ1) is 9.15. The van der Waals surface area contributed by atoms with E-state index in [-0.39, 0.29) is 0 Å². The topological polar surface area (TPSA) is 29.3 Å². The Morgan fingerprint density at radius 2 is 1.68 bits per heavy atom. The van der Waals surface area contributed by atoms with Crippen molar-refractivity contribution in [1.29, 1.82) is 0 Å². The molecule has 2 heteroatoms. The summed E-state index contributed by atoms with van der Waals surface area (Å²) in [6, 6.07) is 0. The van der Waals surface area contributed by atoms with Crippen LogP contribution in [0, 0.1) is 35.0 Å². The third kappa shape index (κ3) is 2.15. The molecule has 4 saturated carbocycles. The maximum absolute atomic E-state index is 5.95. The highest BCUT2D eigenvalue weighted by molar-refractivity contribution is 5.00. The molecule has 19 heavy (non-hydrogen) atoms. The molecule has 1 saturated heterocycles. The van der Waals surface area contributed by atoms with Crippen molar-refractivity contribution in [3.05, 3.63) is 0 Å². The van der Waals surface area contributed by atoms with Crippen LogP contribution in [0.25, 0.3) is 0 Å². The molecule has 5 rings (SSSR count). The van der Waals surface area contributed by atoms with Crippen molar-refractivity contribution in [2.75, 3.05) is 26.2 Å². The van der Waals surface area contributed by atoms with E-state index in [4.69, 9.17) is 5.73 Å².